The van der Waals surface area contributed by atoms with Gasteiger partial charge < -0.3 is 10.4 Å². The van der Waals surface area contributed by atoms with Gasteiger partial charge in [0.15, 0.2) is 0 Å². The fraction of sp³-hybridized carbons (Fsp3) is 0.846. The van der Waals surface area contributed by atoms with Crippen LogP contribution in [0, 0.1) is 11.8 Å². The van der Waals surface area contributed by atoms with E-state index in [-0.39, 0.29) is 11.8 Å². The minimum absolute atomic E-state index is 0.104. The fourth-order valence-electron chi connectivity index (χ4n) is 2.16. The first-order chi connectivity index (χ1) is 8.40. The fourth-order valence-corrected chi connectivity index (χ4v) is 2.16. The minimum Gasteiger partial charge on any atom is -0.480 e. The Labute approximate surface area is 109 Å². The number of likely N-dealkylation sites (tertiary alicyclic amines) is 1. The molecule has 2 N–H and O–H groups in total. The number of carboxylic acids is 1. The van der Waals surface area contributed by atoms with E-state index in [0.717, 1.165) is 31.8 Å². The third kappa shape index (κ3) is 4.64. The SMILES string of the molecule is CC1CCN(CC(=O)N[C@H](C(=O)O)C(C)C)CC1. The molecule has 5 nitrogen and oxygen atoms in total. The number of piperidine rings is 1. The molecular formula is C13H24N2O3. The Kier molecular flexibility index (Phi) is 5.59. The Balaban J connectivity index is 2.38. The highest BCUT2D eigenvalue weighted by molar-refractivity contribution is 5.84. The lowest BCUT2D eigenvalue weighted by Gasteiger charge is -2.30. The van der Waals surface area contributed by atoms with Crippen molar-refractivity contribution in [2.45, 2.75) is 39.7 Å². The number of carboxylic acid groups (broad SMARTS) is 1. The van der Waals surface area contributed by atoms with Gasteiger partial charge in [-0.25, -0.2) is 4.79 Å². The van der Waals surface area contributed by atoms with Crippen LogP contribution >= 0.6 is 0 Å². The van der Waals surface area contributed by atoms with Crippen LogP contribution in [0.3, 0.4) is 0 Å². The maximum absolute atomic E-state index is 11.8. The number of carbonyl (C=O) groups is 2. The summed E-state index contributed by atoms with van der Waals surface area (Å²) in [5, 5.41) is 11.6. The lowest BCUT2D eigenvalue weighted by Crippen LogP contribution is -2.49. The number of nitrogens with zero attached hydrogens (tertiary/aromatic N) is 1. The highest BCUT2D eigenvalue weighted by Gasteiger charge is 2.25. The van der Waals surface area contributed by atoms with Crippen molar-refractivity contribution in [2.75, 3.05) is 19.6 Å². The van der Waals surface area contributed by atoms with E-state index in [1.165, 1.54) is 0 Å². The van der Waals surface area contributed by atoms with Crippen molar-refractivity contribution in [3.05, 3.63) is 0 Å². The monoisotopic (exact) mass is 256 g/mol. The van der Waals surface area contributed by atoms with Crippen molar-refractivity contribution >= 4 is 11.9 Å². The molecule has 1 aliphatic rings. The van der Waals surface area contributed by atoms with Gasteiger partial charge in [0, 0.05) is 0 Å². The zero-order chi connectivity index (χ0) is 13.7. The van der Waals surface area contributed by atoms with Crippen molar-refractivity contribution in [2.24, 2.45) is 11.8 Å². The van der Waals surface area contributed by atoms with Gasteiger partial charge in [0.25, 0.3) is 0 Å². The van der Waals surface area contributed by atoms with Gasteiger partial charge in [0.2, 0.25) is 5.91 Å². The summed E-state index contributed by atoms with van der Waals surface area (Å²) in [6.45, 7) is 7.96. The largest absolute Gasteiger partial charge is 0.480 e. The van der Waals surface area contributed by atoms with Crippen LogP contribution in [-0.2, 0) is 9.59 Å². The predicted octanol–water partition coefficient (Wildman–Crippen LogP) is 0.944. The molecule has 0 aromatic rings. The van der Waals surface area contributed by atoms with Crippen LogP contribution in [0.2, 0.25) is 0 Å². The van der Waals surface area contributed by atoms with Crippen molar-refractivity contribution in [3.8, 4) is 0 Å². The number of nitrogens with one attached hydrogen (secondary N) is 1. The molecule has 1 amide bonds. The van der Waals surface area contributed by atoms with Crippen molar-refractivity contribution in [1.29, 1.82) is 0 Å². The summed E-state index contributed by atoms with van der Waals surface area (Å²) in [5.74, 6) is -0.532. The summed E-state index contributed by atoms with van der Waals surface area (Å²) >= 11 is 0. The molecule has 1 heterocycles. The van der Waals surface area contributed by atoms with Gasteiger partial charge in [-0.1, -0.05) is 20.8 Å². The summed E-state index contributed by atoms with van der Waals surface area (Å²) in [7, 11) is 0. The van der Waals surface area contributed by atoms with Crippen molar-refractivity contribution < 1.29 is 14.7 Å². The van der Waals surface area contributed by atoms with Crippen LogP contribution in [0.15, 0.2) is 0 Å². The van der Waals surface area contributed by atoms with Gasteiger partial charge in [-0.2, -0.15) is 0 Å². The first-order valence-corrected chi connectivity index (χ1v) is 6.64. The summed E-state index contributed by atoms with van der Waals surface area (Å²) in [5.41, 5.74) is 0. The zero-order valence-corrected chi connectivity index (χ0v) is 11.5. The lowest BCUT2D eigenvalue weighted by atomic mass is 9.99. The van der Waals surface area contributed by atoms with Crippen molar-refractivity contribution in [1.82, 2.24) is 10.2 Å². The smallest absolute Gasteiger partial charge is 0.326 e. The summed E-state index contributed by atoms with van der Waals surface area (Å²) in [4.78, 5) is 24.9. The number of amides is 1. The number of rotatable bonds is 5. The van der Waals surface area contributed by atoms with Crippen LogP contribution in [0.5, 0.6) is 0 Å². The Morgan fingerprint density at radius 1 is 1.33 bits per heavy atom. The standard InChI is InChI=1S/C13H24N2O3/c1-9(2)12(13(17)18)14-11(16)8-15-6-4-10(3)5-7-15/h9-10,12H,4-8H2,1-3H3,(H,14,16)(H,17,18)/t12-/m0/s1. The van der Waals surface area contributed by atoms with Crippen LogP contribution < -0.4 is 5.32 Å². The first kappa shape index (κ1) is 15.0. The second kappa shape index (κ2) is 6.73. The molecular weight excluding hydrogens is 232 g/mol. The van der Waals surface area contributed by atoms with E-state index in [9.17, 15) is 9.59 Å². The lowest BCUT2D eigenvalue weighted by molar-refractivity contribution is -0.143. The molecule has 1 rings (SSSR count). The van der Waals surface area contributed by atoms with Gasteiger partial charge in [-0.15, -0.1) is 0 Å². The number of hydrogen-bond acceptors (Lipinski definition) is 3. The van der Waals surface area contributed by atoms with E-state index in [1.54, 1.807) is 13.8 Å². The van der Waals surface area contributed by atoms with E-state index in [4.69, 9.17) is 5.11 Å². The predicted molar refractivity (Wildman–Crippen MR) is 69.2 cm³/mol. The molecule has 0 spiro atoms. The second-order valence-corrected chi connectivity index (χ2v) is 5.59. The molecule has 1 atom stereocenters. The molecule has 18 heavy (non-hydrogen) atoms. The highest BCUT2D eigenvalue weighted by atomic mass is 16.4. The Morgan fingerprint density at radius 3 is 2.33 bits per heavy atom. The quantitative estimate of drug-likeness (QED) is 0.768. The second-order valence-electron chi connectivity index (χ2n) is 5.59. The maximum atomic E-state index is 11.8. The molecule has 1 aliphatic heterocycles. The Bertz CT molecular complexity index is 297. The molecule has 0 saturated carbocycles. The Morgan fingerprint density at radius 2 is 1.89 bits per heavy atom. The average molecular weight is 256 g/mol. The van der Waals surface area contributed by atoms with E-state index < -0.39 is 12.0 Å². The normalized spacial score (nSPS) is 19.8. The molecule has 0 aliphatic carbocycles. The molecule has 1 saturated heterocycles. The molecule has 0 unspecified atom stereocenters. The third-order valence-electron chi connectivity index (χ3n) is 3.49. The van der Waals surface area contributed by atoms with Crippen LogP contribution in [0.4, 0.5) is 0 Å². The van der Waals surface area contributed by atoms with E-state index >= 15 is 0 Å². The summed E-state index contributed by atoms with van der Waals surface area (Å²) in [6, 6.07) is -0.791. The Hall–Kier alpha value is -1.10. The van der Waals surface area contributed by atoms with Gasteiger partial charge in [-0.05, 0) is 37.8 Å². The number of aliphatic carboxylic acids is 1. The van der Waals surface area contributed by atoms with Crippen LogP contribution in [0.1, 0.15) is 33.6 Å². The van der Waals surface area contributed by atoms with E-state index in [0.29, 0.717) is 6.54 Å². The molecule has 0 aromatic carbocycles. The summed E-state index contributed by atoms with van der Waals surface area (Å²) in [6.07, 6.45) is 2.22. The average Bonchev–Trinajstić information content (AvgIpc) is 2.28. The van der Waals surface area contributed by atoms with Crippen molar-refractivity contribution in [3.63, 3.8) is 0 Å². The maximum Gasteiger partial charge on any atom is 0.326 e. The van der Waals surface area contributed by atoms with Gasteiger partial charge >= 0.3 is 5.97 Å². The van der Waals surface area contributed by atoms with E-state index in [2.05, 4.69) is 17.1 Å². The van der Waals surface area contributed by atoms with E-state index in [1.807, 2.05) is 0 Å². The van der Waals surface area contributed by atoms with Crippen LogP contribution in [-0.4, -0.2) is 47.6 Å². The molecule has 1 fully saturated rings. The topological polar surface area (TPSA) is 69.6 Å². The number of carbonyl (C=O) groups excluding carboxylic acids is 1. The zero-order valence-electron chi connectivity index (χ0n) is 11.5. The van der Waals surface area contributed by atoms with Gasteiger partial charge in [-0.3, -0.25) is 9.69 Å². The molecule has 0 radical (unpaired) electrons. The molecule has 0 aromatic heterocycles. The molecule has 104 valence electrons. The molecule has 0 bridgehead atoms. The first-order valence-electron chi connectivity index (χ1n) is 6.64. The molecule has 5 heteroatoms. The highest BCUT2D eigenvalue weighted by Crippen LogP contribution is 2.15. The minimum atomic E-state index is -0.967. The van der Waals surface area contributed by atoms with Crippen LogP contribution in [0.25, 0.3) is 0 Å². The third-order valence-corrected chi connectivity index (χ3v) is 3.49. The van der Waals surface area contributed by atoms with Gasteiger partial charge in [0.05, 0.1) is 6.54 Å². The number of hydrogen-bond donors (Lipinski definition) is 2. The van der Waals surface area contributed by atoms with Gasteiger partial charge in [0.1, 0.15) is 6.04 Å². The summed E-state index contributed by atoms with van der Waals surface area (Å²) < 4.78 is 0.